The Morgan fingerprint density at radius 2 is 2.05 bits per heavy atom. The zero-order chi connectivity index (χ0) is 13.9. The van der Waals surface area contributed by atoms with Crippen LogP contribution in [-0.2, 0) is 11.3 Å². The van der Waals surface area contributed by atoms with Crippen molar-refractivity contribution in [1.82, 2.24) is 10.2 Å². The van der Waals surface area contributed by atoms with Gasteiger partial charge in [-0.15, -0.1) is 0 Å². The zero-order valence-electron chi connectivity index (χ0n) is 11.1. The Bertz CT molecular complexity index is 748. The Kier molecular flexibility index (Phi) is 3.21. The highest BCUT2D eigenvalue weighted by Crippen LogP contribution is 2.18. The predicted molar refractivity (Wildman–Crippen MR) is 76.4 cm³/mol. The molecule has 0 saturated carbocycles. The lowest BCUT2D eigenvalue weighted by atomic mass is 10.1. The molecular formula is C16H14N2O2. The van der Waals surface area contributed by atoms with Crippen LogP contribution in [-0.4, -0.2) is 16.2 Å². The fourth-order valence-corrected chi connectivity index (χ4v) is 2.13. The number of nitrogens with one attached hydrogen (secondary N) is 1. The van der Waals surface area contributed by atoms with E-state index in [-0.39, 0.29) is 12.6 Å². The number of hydrogen-bond donors (Lipinski definition) is 1. The average molecular weight is 266 g/mol. The van der Waals surface area contributed by atoms with Crippen LogP contribution in [0.2, 0.25) is 0 Å². The third-order valence-electron chi connectivity index (χ3n) is 3.22. The average Bonchev–Trinajstić information content (AvgIpc) is 2.92. The van der Waals surface area contributed by atoms with E-state index < -0.39 is 0 Å². The van der Waals surface area contributed by atoms with E-state index in [1.54, 1.807) is 12.3 Å². The van der Waals surface area contributed by atoms with E-state index in [2.05, 4.69) is 10.2 Å². The smallest absolute Gasteiger partial charge is 0.338 e. The van der Waals surface area contributed by atoms with Gasteiger partial charge in [0.15, 0.2) is 0 Å². The molecule has 1 heterocycles. The molecule has 0 amide bonds. The number of aryl methyl sites for hydroxylation is 1. The minimum Gasteiger partial charge on any atom is -0.457 e. The summed E-state index contributed by atoms with van der Waals surface area (Å²) in [6.07, 6.45) is 1.74. The minimum atomic E-state index is -0.317. The topological polar surface area (TPSA) is 55.0 Å². The Balaban J connectivity index is 1.80. The summed E-state index contributed by atoms with van der Waals surface area (Å²) in [6, 6.07) is 13.3. The number of H-pyrrole nitrogens is 1. The number of aromatic amines is 1. The van der Waals surface area contributed by atoms with Gasteiger partial charge in [-0.05, 0) is 30.2 Å². The Morgan fingerprint density at radius 3 is 2.85 bits per heavy atom. The second kappa shape index (κ2) is 5.17. The molecular weight excluding hydrogens is 252 g/mol. The van der Waals surface area contributed by atoms with Gasteiger partial charge in [0.1, 0.15) is 6.61 Å². The molecule has 0 unspecified atom stereocenters. The summed E-state index contributed by atoms with van der Waals surface area (Å²) in [5, 5.41) is 7.81. The third kappa shape index (κ3) is 2.40. The summed E-state index contributed by atoms with van der Waals surface area (Å²) in [7, 11) is 0. The maximum absolute atomic E-state index is 12.1. The molecule has 0 aliphatic rings. The Morgan fingerprint density at radius 1 is 1.25 bits per heavy atom. The summed E-state index contributed by atoms with van der Waals surface area (Å²) in [4.78, 5) is 12.1. The molecule has 3 rings (SSSR count). The number of esters is 1. The van der Waals surface area contributed by atoms with Gasteiger partial charge in [0.25, 0.3) is 0 Å². The van der Waals surface area contributed by atoms with Crippen molar-refractivity contribution >= 4 is 16.9 Å². The van der Waals surface area contributed by atoms with Gasteiger partial charge in [0.05, 0.1) is 17.3 Å². The fraction of sp³-hybridized carbons (Fsp3) is 0.125. The molecule has 0 spiro atoms. The first kappa shape index (κ1) is 12.4. The van der Waals surface area contributed by atoms with Gasteiger partial charge in [-0.25, -0.2) is 4.79 Å². The van der Waals surface area contributed by atoms with Gasteiger partial charge in [-0.2, -0.15) is 5.10 Å². The van der Waals surface area contributed by atoms with Crippen molar-refractivity contribution in [1.29, 1.82) is 0 Å². The second-order valence-electron chi connectivity index (χ2n) is 4.69. The second-order valence-corrected chi connectivity index (χ2v) is 4.69. The van der Waals surface area contributed by atoms with Gasteiger partial charge in [0, 0.05) is 5.39 Å². The van der Waals surface area contributed by atoms with Crippen molar-refractivity contribution < 1.29 is 9.53 Å². The molecule has 0 aliphatic heterocycles. The number of fused-ring (bicyclic) bond motifs is 1. The molecule has 4 heteroatoms. The summed E-state index contributed by atoms with van der Waals surface area (Å²) in [5.41, 5.74) is 3.26. The number of rotatable bonds is 3. The maximum Gasteiger partial charge on any atom is 0.338 e. The number of carbonyl (C=O) groups is 1. The number of aromatic nitrogens is 2. The van der Waals surface area contributed by atoms with E-state index >= 15 is 0 Å². The molecule has 0 saturated heterocycles. The molecule has 1 N–H and O–H groups in total. The molecule has 0 bridgehead atoms. The lowest BCUT2D eigenvalue weighted by Crippen LogP contribution is -2.07. The van der Waals surface area contributed by atoms with Gasteiger partial charge >= 0.3 is 5.97 Å². The molecule has 0 fully saturated rings. The van der Waals surface area contributed by atoms with Crippen LogP contribution >= 0.6 is 0 Å². The monoisotopic (exact) mass is 266 g/mol. The largest absolute Gasteiger partial charge is 0.457 e. The van der Waals surface area contributed by atoms with Crippen molar-refractivity contribution in [2.75, 3.05) is 0 Å². The highest BCUT2D eigenvalue weighted by molar-refractivity contribution is 5.95. The fourth-order valence-electron chi connectivity index (χ4n) is 2.13. The number of ether oxygens (including phenoxy) is 1. The van der Waals surface area contributed by atoms with E-state index in [1.165, 1.54) is 0 Å². The molecule has 4 nitrogen and oxygen atoms in total. The van der Waals surface area contributed by atoms with Crippen LogP contribution in [0.25, 0.3) is 10.9 Å². The highest BCUT2D eigenvalue weighted by Gasteiger charge is 2.12. The predicted octanol–water partition coefficient (Wildman–Crippen LogP) is 3.23. The molecule has 3 aromatic rings. The molecule has 0 atom stereocenters. The standard InChI is InChI=1S/C16H14N2O2/c1-11-7-13-9-17-18-15(13)8-14(11)16(19)20-10-12-5-3-2-4-6-12/h2-9H,10H2,1H3,(H,17,18). The van der Waals surface area contributed by atoms with Gasteiger partial charge in [0.2, 0.25) is 0 Å². The minimum absolute atomic E-state index is 0.278. The van der Waals surface area contributed by atoms with E-state index in [1.807, 2.05) is 43.3 Å². The van der Waals surface area contributed by atoms with Gasteiger partial charge < -0.3 is 4.74 Å². The SMILES string of the molecule is Cc1cc2cn[nH]c2cc1C(=O)OCc1ccccc1. The third-order valence-corrected chi connectivity index (χ3v) is 3.22. The van der Waals surface area contributed by atoms with Crippen molar-refractivity contribution in [2.24, 2.45) is 0 Å². The van der Waals surface area contributed by atoms with Crippen LogP contribution in [0.5, 0.6) is 0 Å². The van der Waals surface area contributed by atoms with Crippen molar-refractivity contribution in [3.63, 3.8) is 0 Å². The number of nitrogens with zero attached hydrogens (tertiary/aromatic N) is 1. The van der Waals surface area contributed by atoms with E-state index in [4.69, 9.17) is 4.74 Å². The van der Waals surface area contributed by atoms with Crippen molar-refractivity contribution in [2.45, 2.75) is 13.5 Å². The summed E-state index contributed by atoms with van der Waals surface area (Å²) < 4.78 is 5.35. The quantitative estimate of drug-likeness (QED) is 0.740. The molecule has 1 aromatic heterocycles. The summed E-state index contributed by atoms with van der Waals surface area (Å²) in [6.45, 7) is 2.17. The van der Waals surface area contributed by atoms with Crippen molar-refractivity contribution in [3.05, 3.63) is 65.4 Å². The number of carbonyl (C=O) groups excluding carboxylic acids is 1. The van der Waals surface area contributed by atoms with E-state index in [0.29, 0.717) is 5.56 Å². The Labute approximate surface area is 116 Å². The molecule has 2 aromatic carbocycles. The summed E-state index contributed by atoms with van der Waals surface area (Å²) in [5.74, 6) is -0.317. The van der Waals surface area contributed by atoms with Crippen LogP contribution in [0.1, 0.15) is 21.5 Å². The van der Waals surface area contributed by atoms with Crippen LogP contribution in [0.4, 0.5) is 0 Å². The van der Waals surface area contributed by atoms with Crippen LogP contribution < -0.4 is 0 Å². The highest BCUT2D eigenvalue weighted by atomic mass is 16.5. The molecule has 20 heavy (non-hydrogen) atoms. The molecule has 0 radical (unpaired) electrons. The van der Waals surface area contributed by atoms with Gasteiger partial charge in [-0.1, -0.05) is 30.3 Å². The van der Waals surface area contributed by atoms with Crippen LogP contribution in [0.15, 0.2) is 48.7 Å². The normalized spacial score (nSPS) is 10.7. The molecule has 100 valence electrons. The van der Waals surface area contributed by atoms with E-state index in [0.717, 1.165) is 22.0 Å². The Hall–Kier alpha value is -2.62. The zero-order valence-corrected chi connectivity index (χ0v) is 11.1. The van der Waals surface area contributed by atoms with Gasteiger partial charge in [-0.3, -0.25) is 5.10 Å². The summed E-state index contributed by atoms with van der Waals surface area (Å²) >= 11 is 0. The number of hydrogen-bond acceptors (Lipinski definition) is 3. The number of benzene rings is 2. The lowest BCUT2D eigenvalue weighted by Gasteiger charge is -2.07. The van der Waals surface area contributed by atoms with E-state index in [9.17, 15) is 4.79 Å². The first-order chi connectivity index (χ1) is 9.74. The lowest BCUT2D eigenvalue weighted by molar-refractivity contribution is 0.0472. The first-order valence-electron chi connectivity index (χ1n) is 6.39. The molecule has 0 aliphatic carbocycles. The van der Waals surface area contributed by atoms with Crippen LogP contribution in [0.3, 0.4) is 0 Å². The van der Waals surface area contributed by atoms with Crippen LogP contribution in [0, 0.1) is 6.92 Å². The van der Waals surface area contributed by atoms with Crippen molar-refractivity contribution in [3.8, 4) is 0 Å². The first-order valence-corrected chi connectivity index (χ1v) is 6.39. The maximum atomic E-state index is 12.1.